The van der Waals surface area contributed by atoms with E-state index in [-0.39, 0.29) is 5.76 Å². The highest BCUT2D eigenvalue weighted by Gasteiger charge is 2.24. The predicted octanol–water partition coefficient (Wildman–Crippen LogP) is 2.97. The minimum atomic E-state index is 0.272. The third-order valence-corrected chi connectivity index (χ3v) is 6.82. The number of anilines is 1. The van der Waals surface area contributed by atoms with Crippen molar-refractivity contribution in [2.45, 2.75) is 59.4 Å². The van der Waals surface area contributed by atoms with Gasteiger partial charge in [-0.2, -0.15) is 9.98 Å². The molecule has 0 spiro atoms. The van der Waals surface area contributed by atoms with Crippen molar-refractivity contribution in [1.29, 1.82) is 0 Å². The Morgan fingerprint density at radius 3 is 2.46 bits per heavy atom. The molecule has 4 aliphatic rings. The molecule has 1 aliphatic carbocycles. The summed E-state index contributed by atoms with van der Waals surface area (Å²) in [5.74, 6) is 1.68. The highest BCUT2D eigenvalue weighted by molar-refractivity contribution is 5.62. The first kappa shape index (κ1) is 24.9. The van der Waals surface area contributed by atoms with Gasteiger partial charge in [-0.05, 0) is 44.4 Å². The highest BCUT2D eigenvalue weighted by Crippen LogP contribution is 2.31. The number of rotatable bonds is 3. The molecule has 1 aromatic heterocycles. The summed E-state index contributed by atoms with van der Waals surface area (Å²) in [7, 11) is 0. The van der Waals surface area contributed by atoms with Crippen molar-refractivity contribution in [3.8, 4) is 11.4 Å². The van der Waals surface area contributed by atoms with Crippen molar-refractivity contribution in [3.05, 3.63) is 46.3 Å². The number of pyridine rings is 2. The lowest BCUT2D eigenvalue weighted by molar-refractivity contribution is 0.484. The molecule has 0 aromatic carbocycles. The Morgan fingerprint density at radius 1 is 1.11 bits per heavy atom. The zero-order valence-corrected chi connectivity index (χ0v) is 21.4. The quantitative estimate of drug-likeness (QED) is 0.605. The largest absolute Gasteiger partial charge is 0.512 e. The van der Waals surface area contributed by atoms with Gasteiger partial charge in [0.05, 0.1) is 17.6 Å². The van der Waals surface area contributed by atoms with Gasteiger partial charge in [-0.25, -0.2) is 9.97 Å². The van der Waals surface area contributed by atoms with Gasteiger partial charge in [0.1, 0.15) is 5.82 Å². The summed E-state index contributed by atoms with van der Waals surface area (Å²) in [5, 5.41) is 15.3. The topological polar surface area (TPSA) is 91.5 Å². The average Bonchev–Trinajstić information content (AvgIpc) is 3.40. The minimum Gasteiger partial charge on any atom is -0.512 e. The Labute approximate surface area is 207 Å². The molecule has 4 heterocycles. The van der Waals surface area contributed by atoms with Gasteiger partial charge in [0.25, 0.3) is 5.62 Å². The number of nitrogens with zero attached hydrogens (tertiary/aromatic N) is 6. The van der Waals surface area contributed by atoms with Crippen molar-refractivity contribution < 1.29 is 5.11 Å². The smallest absolute Gasteiger partial charge is 0.253 e. The Bertz CT molecular complexity index is 1300. The van der Waals surface area contributed by atoms with Crippen LogP contribution in [0.4, 0.5) is 11.5 Å². The molecule has 0 radical (unpaired) electrons. The summed E-state index contributed by atoms with van der Waals surface area (Å²) in [5.41, 5.74) is 3.34. The number of hydrogen-bond donors (Lipinski definition) is 2. The van der Waals surface area contributed by atoms with Crippen molar-refractivity contribution in [2.24, 2.45) is 4.99 Å². The van der Waals surface area contributed by atoms with E-state index in [4.69, 9.17) is 4.98 Å². The van der Waals surface area contributed by atoms with Crippen LogP contribution in [0.15, 0.2) is 29.5 Å². The lowest BCUT2D eigenvalue weighted by Gasteiger charge is -2.29. The molecule has 8 heteroatoms. The van der Waals surface area contributed by atoms with Crippen molar-refractivity contribution in [3.63, 3.8) is 0 Å². The molecule has 1 saturated carbocycles. The third kappa shape index (κ3) is 5.07. The van der Waals surface area contributed by atoms with Crippen molar-refractivity contribution in [1.82, 2.24) is 24.8 Å². The molecule has 0 unspecified atom stereocenters. The van der Waals surface area contributed by atoms with Crippen LogP contribution in [0.25, 0.3) is 23.7 Å². The average molecular weight is 476 g/mol. The summed E-state index contributed by atoms with van der Waals surface area (Å²) >= 11 is 0. The van der Waals surface area contributed by atoms with Crippen LogP contribution in [-0.2, 0) is 0 Å². The summed E-state index contributed by atoms with van der Waals surface area (Å²) in [6.07, 6.45) is 8.23. The molecule has 0 amide bonds. The van der Waals surface area contributed by atoms with Crippen LogP contribution in [0.3, 0.4) is 0 Å². The van der Waals surface area contributed by atoms with Crippen LogP contribution in [0.2, 0.25) is 0 Å². The molecule has 8 nitrogen and oxygen atoms in total. The van der Waals surface area contributed by atoms with Crippen LogP contribution < -0.4 is 26.4 Å². The second-order valence-electron chi connectivity index (χ2n) is 8.97. The molecule has 5 rings (SSSR count). The third-order valence-electron chi connectivity index (χ3n) is 6.82. The maximum absolute atomic E-state index is 10.4. The van der Waals surface area contributed by atoms with Gasteiger partial charge in [-0.3, -0.25) is 0 Å². The lowest BCUT2D eigenvalue weighted by atomic mass is 10.0. The molecule has 0 bridgehead atoms. The second kappa shape index (κ2) is 11.0. The predicted molar refractivity (Wildman–Crippen MR) is 141 cm³/mol. The first-order chi connectivity index (χ1) is 17.0. The van der Waals surface area contributed by atoms with Crippen LogP contribution in [0.1, 0.15) is 58.1 Å². The molecule has 2 N–H and O–H groups in total. The van der Waals surface area contributed by atoms with Crippen molar-refractivity contribution >= 4 is 23.8 Å². The molecular weight excluding hydrogens is 438 g/mol. The van der Waals surface area contributed by atoms with E-state index >= 15 is 0 Å². The molecule has 1 aromatic rings. The zero-order chi connectivity index (χ0) is 24.9. The molecular formula is C27H37N7O. The number of aliphatic hydroxyl groups excluding tert-OH is 1. The number of hydrogen-bond acceptors (Lipinski definition) is 7. The molecule has 0 atom stereocenters. The van der Waals surface area contributed by atoms with Gasteiger partial charge in [-0.1, -0.05) is 33.3 Å². The minimum absolute atomic E-state index is 0.272. The van der Waals surface area contributed by atoms with E-state index < -0.39 is 0 Å². The lowest BCUT2D eigenvalue weighted by Crippen LogP contribution is -2.43. The van der Waals surface area contributed by atoms with E-state index in [0.29, 0.717) is 17.5 Å². The maximum atomic E-state index is 10.4. The Morgan fingerprint density at radius 2 is 1.83 bits per heavy atom. The molecule has 3 aliphatic heterocycles. The van der Waals surface area contributed by atoms with Crippen LogP contribution in [0, 0.1) is 6.92 Å². The van der Waals surface area contributed by atoms with Gasteiger partial charge in [0.2, 0.25) is 0 Å². The van der Waals surface area contributed by atoms with Gasteiger partial charge in [-0.15, -0.1) is 0 Å². The van der Waals surface area contributed by atoms with Crippen LogP contribution >= 0.6 is 0 Å². The number of piperazine rings is 1. The van der Waals surface area contributed by atoms with Gasteiger partial charge >= 0.3 is 0 Å². The summed E-state index contributed by atoms with van der Waals surface area (Å²) in [4.78, 5) is 20.8. The molecule has 1 saturated heterocycles. The maximum Gasteiger partial charge on any atom is 0.253 e. The fraction of sp³-hybridized carbons (Fsp3) is 0.481. The Balaban J connectivity index is 0.00000141. The number of aromatic nitrogens is 4. The fourth-order valence-electron chi connectivity index (χ4n) is 5.16. The summed E-state index contributed by atoms with van der Waals surface area (Å²) in [6, 6.07) is 4.29. The van der Waals surface area contributed by atoms with E-state index in [1.807, 2.05) is 39.2 Å². The summed E-state index contributed by atoms with van der Waals surface area (Å²) in [6.45, 7) is 16.0. The number of aliphatic hydroxyl groups is 1. The highest BCUT2D eigenvalue weighted by atomic mass is 16.3. The Hall–Kier alpha value is -3.26. The first-order valence-electron chi connectivity index (χ1n) is 12.8. The van der Waals surface area contributed by atoms with E-state index in [1.54, 1.807) is 6.92 Å². The zero-order valence-electron chi connectivity index (χ0n) is 21.4. The second-order valence-corrected chi connectivity index (χ2v) is 8.97. The van der Waals surface area contributed by atoms with E-state index in [1.165, 1.54) is 12.8 Å². The van der Waals surface area contributed by atoms with Crippen LogP contribution in [-0.4, -0.2) is 50.8 Å². The normalized spacial score (nSPS) is 17.9. The van der Waals surface area contributed by atoms with E-state index in [2.05, 4.69) is 42.4 Å². The number of nitrogens with one attached hydrogen (secondary N) is 1. The van der Waals surface area contributed by atoms with Gasteiger partial charge in [0.15, 0.2) is 5.82 Å². The van der Waals surface area contributed by atoms with E-state index in [0.717, 1.165) is 72.2 Å². The standard InChI is InChI=1S/C25H31N7O.C2H6/c1-16-21-15-28-25(29-22-9-8-20(14-27-22)31-12-10-26-11-13-31)30-24(21)32(19-6-4-5-7-19)17(2)23(16)18(3)33;1-2/h8-9,14-15,19,26,33H,2,4-7,10-13H2,1,3H3;1-2H3/b23-18+,29-25?;. The Kier molecular flexibility index (Phi) is 7.80. The molecule has 35 heavy (non-hydrogen) atoms. The molecule has 186 valence electrons. The van der Waals surface area contributed by atoms with Crippen molar-refractivity contribution in [2.75, 3.05) is 31.1 Å². The van der Waals surface area contributed by atoms with Gasteiger partial charge < -0.3 is 19.9 Å². The summed E-state index contributed by atoms with van der Waals surface area (Å²) < 4.78 is 2.19. The van der Waals surface area contributed by atoms with Crippen LogP contribution in [0.5, 0.6) is 0 Å². The fourth-order valence-corrected chi connectivity index (χ4v) is 5.16. The van der Waals surface area contributed by atoms with Gasteiger partial charge in [0, 0.05) is 54.5 Å². The monoisotopic (exact) mass is 475 g/mol. The number of fused-ring (bicyclic) bond motifs is 1. The van der Waals surface area contributed by atoms with E-state index in [9.17, 15) is 5.11 Å². The SMILES string of the molecule is C=c1/c(=C(\C)O)c(C)c2cnc(=Nc3ccc(N4CCNCC4)cn3)nc-2n1C1CCCC1.CC. The molecule has 2 fully saturated rings. The first-order valence-corrected chi connectivity index (χ1v) is 12.8.